The fourth-order valence-electron chi connectivity index (χ4n) is 1.13. The first-order valence-electron chi connectivity index (χ1n) is 4.85. The van der Waals surface area contributed by atoms with Crippen LogP contribution in [0.1, 0.15) is 5.56 Å². The lowest BCUT2D eigenvalue weighted by Gasteiger charge is -2.09. The third kappa shape index (κ3) is 4.80. The summed E-state index contributed by atoms with van der Waals surface area (Å²) >= 11 is 0. The lowest BCUT2D eigenvalue weighted by Crippen LogP contribution is -2.21. The number of alkyl halides is 3. The molecule has 20 heavy (non-hydrogen) atoms. The van der Waals surface area contributed by atoms with Crippen molar-refractivity contribution in [2.75, 3.05) is 0 Å². The van der Waals surface area contributed by atoms with Gasteiger partial charge in [-0.05, 0) is 12.1 Å². The van der Waals surface area contributed by atoms with Crippen LogP contribution in [0.5, 0.6) is 5.75 Å². The van der Waals surface area contributed by atoms with E-state index in [4.69, 9.17) is 11.5 Å². The van der Waals surface area contributed by atoms with E-state index in [1.165, 1.54) is 0 Å². The molecule has 0 bridgehead atoms. The van der Waals surface area contributed by atoms with Crippen LogP contribution >= 0.6 is 0 Å². The zero-order valence-corrected chi connectivity index (χ0v) is 9.66. The summed E-state index contributed by atoms with van der Waals surface area (Å²) in [6, 6.07) is 2.76. The van der Waals surface area contributed by atoms with Gasteiger partial charge < -0.3 is 16.2 Å². The highest BCUT2D eigenvalue weighted by atomic mass is 19.4. The Kier molecular flexibility index (Phi) is 4.46. The van der Waals surface area contributed by atoms with Crippen LogP contribution < -0.4 is 16.2 Å². The summed E-state index contributed by atoms with van der Waals surface area (Å²) in [6.45, 7) is 0. The molecule has 1 rings (SSSR count). The molecule has 0 amide bonds. The first kappa shape index (κ1) is 15.2. The summed E-state index contributed by atoms with van der Waals surface area (Å²) in [5.74, 6) is -1.27. The number of hydrogen-bond donors (Lipinski definition) is 2. The van der Waals surface area contributed by atoms with E-state index in [1.807, 2.05) is 0 Å². The van der Waals surface area contributed by atoms with E-state index in [-0.39, 0.29) is 11.5 Å². The second kappa shape index (κ2) is 5.86. The Hall–Kier alpha value is -2.85. The fourth-order valence-corrected chi connectivity index (χ4v) is 1.13. The minimum absolute atomic E-state index is 0.122. The van der Waals surface area contributed by atoms with Crippen LogP contribution in [0.3, 0.4) is 0 Å². The molecule has 0 aliphatic carbocycles. The predicted octanol–water partition coefficient (Wildman–Crippen LogP) is 1.10. The minimum atomic E-state index is -5.03. The van der Waals surface area contributed by atoms with Crippen molar-refractivity contribution in [3.05, 3.63) is 33.9 Å². The molecule has 0 aliphatic rings. The molecule has 0 atom stereocenters. The number of benzene rings is 1. The van der Waals surface area contributed by atoms with Crippen LogP contribution in [0.2, 0.25) is 0 Å². The SMILES string of the molecule is NC(N)=NN=Cc1ccc(OC(F)(F)F)c([N+](=O)[O-])c1. The Morgan fingerprint density at radius 3 is 2.55 bits per heavy atom. The van der Waals surface area contributed by atoms with E-state index >= 15 is 0 Å². The van der Waals surface area contributed by atoms with E-state index in [2.05, 4.69) is 14.9 Å². The molecule has 0 aromatic heterocycles. The monoisotopic (exact) mass is 291 g/mol. The second-order valence-corrected chi connectivity index (χ2v) is 3.30. The number of nitrogens with zero attached hydrogens (tertiary/aromatic N) is 3. The van der Waals surface area contributed by atoms with E-state index in [0.29, 0.717) is 0 Å². The maximum Gasteiger partial charge on any atom is 0.573 e. The van der Waals surface area contributed by atoms with Crippen molar-refractivity contribution in [3.63, 3.8) is 0 Å². The summed E-state index contributed by atoms with van der Waals surface area (Å²) in [5, 5.41) is 17.3. The van der Waals surface area contributed by atoms with Gasteiger partial charge in [-0.15, -0.1) is 18.3 Å². The van der Waals surface area contributed by atoms with Gasteiger partial charge in [0.25, 0.3) is 0 Å². The van der Waals surface area contributed by atoms with E-state index in [0.717, 1.165) is 24.4 Å². The third-order valence-corrected chi connectivity index (χ3v) is 1.79. The Balaban J connectivity index is 3.10. The van der Waals surface area contributed by atoms with Crippen molar-refractivity contribution >= 4 is 17.9 Å². The molecule has 108 valence electrons. The van der Waals surface area contributed by atoms with E-state index in [9.17, 15) is 23.3 Å². The molecule has 0 heterocycles. The summed E-state index contributed by atoms with van der Waals surface area (Å²) in [4.78, 5) is 9.67. The maximum absolute atomic E-state index is 12.1. The zero-order chi connectivity index (χ0) is 15.3. The summed E-state index contributed by atoms with van der Waals surface area (Å²) in [5.41, 5.74) is 9.23. The van der Waals surface area contributed by atoms with Gasteiger partial charge in [0.2, 0.25) is 11.7 Å². The van der Waals surface area contributed by atoms with Crippen LogP contribution in [0, 0.1) is 10.1 Å². The van der Waals surface area contributed by atoms with Gasteiger partial charge in [0.1, 0.15) is 0 Å². The van der Waals surface area contributed by atoms with Crippen molar-refractivity contribution in [1.29, 1.82) is 0 Å². The van der Waals surface area contributed by atoms with Gasteiger partial charge >= 0.3 is 12.0 Å². The summed E-state index contributed by atoms with van der Waals surface area (Å²) in [6.07, 6.45) is -4.00. The Labute approximate surface area is 109 Å². The van der Waals surface area contributed by atoms with Gasteiger partial charge in [-0.25, -0.2) is 0 Å². The molecular weight excluding hydrogens is 283 g/mol. The first-order chi connectivity index (χ1) is 9.19. The quantitative estimate of drug-likeness (QED) is 0.371. The van der Waals surface area contributed by atoms with Crippen LogP contribution in [0.4, 0.5) is 18.9 Å². The number of halogens is 3. The van der Waals surface area contributed by atoms with Crippen molar-refractivity contribution < 1.29 is 22.8 Å². The first-order valence-corrected chi connectivity index (χ1v) is 4.85. The van der Waals surface area contributed by atoms with Crippen molar-refractivity contribution in [2.45, 2.75) is 6.36 Å². The van der Waals surface area contributed by atoms with Crippen LogP contribution in [0.15, 0.2) is 28.4 Å². The Morgan fingerprint density at radius 2 is 2.05 bits per heavy atom. The standard InChI is InChI=1S/C9H8F3N5O3/c10-9(11,12)20-7-2-1-5(3-6(7)17(18)19)4-15-16-8(13)14/h1-4H,(H4,13,14,16). The second-order valence-electron chi connectivity index (χ2n) is 3.30. The third-order valence-electron chi connectivity index (χ3n) is 1.79. The van der Waals surface area contributed by atoms with Crippen LogP contribution in [-0.4, -0.2) is 23.5 Å². The maximum atomic E-state index is 12.1. The molecule has 4 N–H and O–H groups in total. The molecule has 0 spiro atoms. The fraction of sp³-hybridized carbons (Fsp3) is 0.111. The van der Waals surface area contributed by atoms with Gasteiger partial charge in [-0.3, -0.25) is 10.1 Å². The lowest BCUT2D eigenvalue weighted by molar-refractivity contribution is -0.388. The lowest BCUT2D eigenvalue weighted by atomic mass is 10.2. The van der Waals surface area contributed by atoms with E-state index in [1.54, 1.807) is 0 Å². The largest absolute Gasteiger partial charge is 0.573 e. The van der Waals surface area contributed by atoms with Gasteiger partial charge in [-0.2, -0.15) is 5.10 Å². The molecule has 0 saturated carbocycles. The normalized spacial score (nSPS) is 11.3. The average molecular weight is 291 g/mol. The van der Waals surface area contributed by atoms with Crippen molar-refractivity contribution in [3.8, 4) is 5.75 Å². The van der Waals surface area contributed by atoms with Crippen LogP contribution in [0.25, 0.3) is 0 Å². The van der Waals surface area contributed by atoms with Gasteiger partial charge in [0.15, 0.2) is 0 Å². The highest BCUT2D eigenvalue weighted by Crippen LogP contribution is 2.32. The smallest absolute Gasteiger partial charge is 0.398 e. The van der Waals surface area contributed by atoms with Gasteiger partial charge in [0, 0.05) is 11.6 Å². The Bertz CT molecular complexity index is 566. The molecule has 8 nitrogen and oxygen atoms in total. The molecular formula is C9H8F3N5O3. The zero-order valence-electron chi connectivity index (χ0n) is 9.66. The number of nitro benzene ring substituents is 1. The number of hydrogen-bond acceptors (Lipinski definition) is 5. The van der Waals surface area contributed by atoms with E-state index < -0.39 is 22.7 Å². The average Bonchev–Trinajstić information content (AvgIpc) is 2.28. The molecule has 0 fully saturated rings. The minimum Gasteiger partial charge on any atom is -0.398 e. The highest BCUT2D eigenvalue weighted by molar-refractivity contribution is 5.83. The number of ether oxygens (including phenoxy) is 1. The molecule has 1 aromatic carbocycles. The predicted molar refractivity (Wildman–Crippen MR) is 63.2 cm³/mol. The number of rotatable bonds is 4. The van der Waals surface area contributed by atoms with Crippen molar-refractivity contribution in [1.82, 2.24) is 0 Å². The Morgan fingerprint density at radius 1 is 1.40 bits per heavy atom. The topological polar surface area (TPSA) is 129 Å². The molecule has 0 radical (unpaired) electrons. The molecule has 1 aromatic rings. The number of guanidine groups is 1. The molecule has 0 aliphatic heterocycles. The molecule has 0 unspecified atom stereocenters. The number of nitrogens with two attached hydrogens (primary N) is 2. The van der Waals surface area contributed by atoms with Gasteiger partial charge in [-0.1, -0.05) is 0 Å². The van der Waals surface area contributed by atoms with Crippen molar-refractivity contribution in [2.24, 2.45) is 21.7 Å². The van der Waals surface area contributed by atoms with Gasteiger partial charge in [0.05, 0.1) is 11.1 Å². The molecule has 0 saturated heterocycles. The van der Waals surface area contributed by atoms with Crippen LogP contribution in [-0.2, 0) is 0 Å². The summed E-state index contributed by atoms with van der Waals surface area (Å²) in [7, 11) is 0. The summed E-state index contributed by atoms with van der Waals surface area (Å²) < 4.78 is 39.7. The number of nitro groups is 1. The molecule has 11 heteroatoms. The highest BCUT2D eigenvalue weighted by Gasteiger charge is 2.34.